The predicted octanol–water partition coefficient (Wildman–Crippen LogP) is 0.543. The molecule has 5 nitrogen and oxygen atoms in total. The summed E-state index contributed by atoms with van der Waals surface area (Å²) in [6.45, 7) is 0.673. The van der Waals surface area contributed by atoms with Gasteiger partial charge in [0.15, 0.2) is 5.82 Å². The monoisotopic (exact) mass is 275 g/mol. The molecule has 1 aliphatic heterocycles. The Hall–Kier alpha value is -0.240. The summed E-state index contributed by atoms with van der Waals surface area (Å²) in [5, 5.41) is 16.1. The van der Waals surface area contributed by atoms with Gasteiger partial charge in [-0.3, -0.25) is 0 Å². The molecule has 0 bridgehead atoms. The van der Waals surface area contributed by atoms with Gasteiger partial charge in [0, 0.05) is 42.0 Å². The van der Waals surface area contributed by atoms with Gasteiger partial charge in [0.2, 0.25) is 0 Å². The smallest absolute Gasteiger partial charge is 0.252 e. The Morgan fingerprint density at radius 1 is 1.35 bits per heavy atom. The molecule has 1 aromatic rings. The number of hydrogen-bond acceptors (Lipinski definition) is 7. The van der Waals surface area contributed by atoms with Crippen molar-refractivity contribution in [3.63, 3.8) is 0 Å². The molecule has 2 N–H and O–H groups in total. The summed E-state index contributed by atoms with van der Waals surface area (Å²) in [6.07, 6.45) is 0.745. The third-order valence-electron chi connectivity index (χ3n) is 2.44. The summed E-state index contributed by atoms with van der Waals surface area (Å²) in [4.78, 5) is 4.05. The molecule has 0 saturated carbocycles. The van der Waals surface area contributed by atoms with Gasteiger partial charge < -0.3 is 14.9 Å². The van der Waals surface area contributed by atoms with Crippen LogP contribution in [0.1, 0.15) is 11.7 Å². The number of nitrogens with zero attached hydrogens (tertiary/aromatic N) is 2. The van der Waals surface area contributed by atoms with Crippen LogP contribution in [0.5, 0.6) is 0 Å². The van der Waals surface area contributed by atoms with E-state index in [0.717, 1.165) is 13.0 Å². The van der Waals surface area contributed by atoms with Gasteiger partial charge >= 0.3 is 0 Å². The number of thioether (sulfide) groups is 2. The normalized spacial score (nSPS) is 18.2. The molecule has 0 amide bonds. The molecule has 0 aromatic carbocycles. The third kappa shape index (κ3) is 4.50. The van der Waals surface area contributed by atoms with Crippen molar-refractivity contribution < 1.29 is 9.63 Å². The van der Waals surface area contributed by atoms with Gasteiger partial charge in [0.1, 0.15) is 6.61 Å². The lowest BCUT2D eigenvalue weighted by molar-refractivity contribution is 0.222. The van der Waals surface area contributed by atoms with E-state index in [1.54, 1.807) is 0 Å². The summed E-state index contributed by atoms with van der Waals surface area (Å²) in [5.74, 6) is 5.83. The number of aromatic nitrogens is 2. The SMILES string of the molecule is OCc1nc(CCNC2CSCCSC2)no1. The highest BCUT2D eigenvalue weighted by Gasteiger charge is 2.12. The summed E-state index contributed by atoms with van der Waals surface area (Å²) in [6, 6.07) is 0.580. The minimum absolute atomic E-state index is 0.184. The fraction of sp³-hybridized carbons (Fsp3) is 0.800. The van der Waals surface area contributed by atoms with Crippen molar-refractivity contribution in [2.45, 2.75) is 19.1 Å². The number of nitrogens with one attached hydrogen (secondary N) is 1. The van der Waals surface area contributed by atoms with Crippen molar-refractivity contribution in [3.8, 4) is 0 Å². The molecule has 0 aliphatic carbocycles. The van der Waals surface area contributed by atoms with Gasteiger partial charge in [0.05, 0.1) is 0 Å². The summed E-state index contributed by atoms with van der Waals surface area (Å²) in [7, 11) is 0. The van der Waals surface area contributed by atoms with Crippen LogP contribution in [0.2, 0.25) is 0 Å². The topological polar surface area (TPSA) is 71.2 Å². The van der Waals surface area contributed by atoms with E-state index in [1.165, 1.54) is 23.0 Å². The van der Waals surface area contributed by atoms with Crippen LogP contribution in [0.15, 0.2) is 4.52 Å². The number of hydrogen-bond donors (Lipinski definition) is 2. The Morgan fingerprint density at radius 2 is 2.12 bits per heavy atom. The van der Waals surface area contributed by atoms with Crippen LogP contribution < -0.4 is 5.32 Å². The van der Waals surface area contributed by atoms with Crippen molar-refractivity contribution in [1.29, 1.82) is 0 Å². The zero-order valence-corrected chi connectivity index (χ0v) is 11.2. The van der Waals surface area contributed by atoms with Crippen LogP contribution in [0, 0.1) is 0 Å². The Labute approximate surface area is 109 Å². The average Bonchev–Trinajstić information content (AvgIpc) is 2.65. The number of rotatable bonds is 5. The highest BCUT2D eigenvalue weighted by Crippen LogP contribution is 2.16. The first kappa shape index (κ1) is 13.2. The quantitative estimate of drug-likeness (QED) is 0.812. The van der Waals surface area contributed by atoms with Crippen molar-refractivity contribution >= 4 is 23.5 Å². The zero-order chi connectivity index (χ0) is 11.9. The van der Waals surface area contributed by atoms with Crippen molar-refractivity contribution in [3.05, 3.63) is 11.7 Å². The van der Waals surface area contributed by atoms with Gasteiger partial charge in [-0.2, -0.15) is 28.5 Å². The van der Waals surface area contributed by atoms with Crippen LogP contribution in [0.3, 0.4) is 0 Å². The van der Waals surface area contributed by atoms with Crippen LogP contribution in [-0.4, -0.2) is 50.8 Å². The van der Waals surface area contributed by atoms with Gasteiger partial charge in [0.25, 0.3) is 5.89 Å². The first-order valence-corrected chi connectivity index (χ1v) is 8.00. The molecule has 17 heavy (non-hydrogen) atoms. The predicted molar refractivity (Wildman–Crippen MR) is 70.4 cm³/mol. The molecular formula is C10H17N3O2S2. The van der Waals surface area contributed by atoms with E-state index in [1.807, 2.05) is 23.5 Å². The fourth-order valence-corrected chi connectivity index (χ4v) is 4.04. The van der Waals surface area contributed by atoms with Gasteiger partial charge in [-0.15, -0.1) is 0 Å². The average molecular weight is 275 g/mol. The van der Waals surface area contributed by atoms with Crippen LogP contribution in [0.4, 0.5) is 0 Å². The highest BCUT2D eigenvalue weighted by molar-refractivity contribution is 8.03. The molecule has 2 heterocycles. The molecule has 96 valence electrons. The Morgan fingerprint density at radius 3 is 2.76 bits per heavy atom. The Bertz CT molecular complexity index is 327. The molecule has 0 unspecified atom stereocenters. The molecule has 0 radical (unpaired) electrons. The summed E-state index contributed by atoms with van der Waals surface area (Å²) >= 11 is 4.02. The number of aliphatic hydroxyl groups excluding tert-OH is 1. The molecule has 7 heteroatoms. The maximum absolute atomic E-state index is 8.79. The lowest BCUT2D eigenvalue weighted by atomic mass is 10.3. The van der Waals surface area contributed by atoms with E-state index in [2.05, 4.69) is 15.5 Å². The summed E-state index contributed by atoms with van der Waals surface area (Å²) < 4.78 is 4.83. The largest absolute Gasteiger partial charge is 0.387 e. The molecule has 0 spiro atoms. The zero-order valence-electron chi connectivity index (χ0n) is 9.59. The molecule has 1 saturated heterocycles. The van der Waals surface area contributed by atoms with Crippen molar-refractivity contribution in [2.75, 3.05) is 29.6 Å². The van der Waals surface area contributed by atoms with E-state index >= 15 is 0 Å². The van der Waals surface area contributed by atoms with Crippen LogP contribution in [-0.2, 0) is 13.0 Å². The first-order chi connectivity index (χ1) is 8.38. The maximum atomic E-state index is 8.79. The second-order valence-corrected chi connectivity index (χ2v) is 6.11. The lowest BCUT2D eigenvalue weighted by Crippen LogP contribution is -2.34. The Kier molecular flexibility index (Phi) is 5.63. The van der Waals surface area contributed by atoms with Crippen molar-refractivity contribution in [2.24, 2.45) is 0 Å². The first-order valence-electron chi connectivity index (χ1n) is 5.69. The molecule has 1 aromatic heterocycles. The van der Waals surface area contributed by atoms with E-state index in [-0.39, 0.29) is 6.61 Å². The van der Waals surface area contributed by atoms with Gasteiger partial charge in [-0.1, -0.05) is 5.16 Å². The molecule has 0 atom stereocenters. The third-order valence-corrected chi connectivity index (χ3v) is 4.96. The number of aliphatic hydroxyl groups is 1. The second kappa shape index (κ2) is 7.25. The van der Waals surface area contributed by atoms with E-state index < -0.39 is 0 Å². The molecular weight excluding hydrogens is 258 g/mol. The van der Waals surface area contributed by atoms with E-state index in [4.69, 9.17) is 9.63 Å². The minimum Gasteiger partial charge on any atom is -0.387 e. The molecule has 1 aliphatic rings. The Balaban J connectivity index is 1.67. The van der Waals surface area contributed by atoms with Crippen LogP contribution >= 0.6 is 23.5 Å². The van der Waals surface area contributed by atoms with Gasteiger partial charge in [-0.05, 0) is 0 Å². The van der Waals surface area contributed by atoms with E-state index in [9.17, 15) is 0 Å². The second-order valence-electron chi connectivity index (χ2n) is 3.81. The minimum atomic E-state index is -0.184. The van der Waals surface area contributed by atoms with Crippen LogP contribution in [0.25, 0.3) is 0 Å². The molecule has 1 fully saturated rings. The van der Waals surface area contributed by atoms with Gasteiger partial charge in [-0.25, -0.2) is 0 Å². The maximum Gasteiger partial charge on any atom is 0.252 e. The standard InChI is InChI=1S/C10H17N3O2S2/c14-5-10-12-9(13-15-10)1-2-11-8-6-16-3-4-17-7-8/h8,11,14H,1-7H2. The summed E-state index contributed by atoms with van der Waals surface area (Å²) in [5.41, 5.74) is 0. The molecule has 2 rings (SSSR count). The van der Waals surface area contributed by atoms with Crippen molar-refractivity contribution in [1.82, 2.24) is 15.5 Å². The fourth-order valence-electron chi connectivity index (χ4n) is 1.58. The van der Waals surface area contributed by atoms with E-state index in [0.29, 0.717) is 17.8 Å². The lowest BCUT2D eigenvalue weighted by Gasteiger charge is -2.14. The highest BCUT2D eigenvalue weighted by atomic mass is 32.2.